The molecule has 1 aromatic heterocycles. The molecule has 7 nitrogen and oxygen atoms in total. The smallest absolute Gasteiger partial charge is 0.255 e. The van der Waals surface area contributed by atoms with Crippen molar-refractivity contribution in [2.24, 2.45) is 5.73 Å². The molecule has 31 heavy (non-hydrogen) atoms. The summed E-state index contributed by atoms with van der Waals surface area (Å²) in [5, 5.41) is 13.3. The van der Waals surface area contributed by atoms with Gasteiger partial charge in [-0.2, -0.15) is 0 Å². The molecule has 0 unspecified atom stereocenters. The number of fused-ring (bicyclic) bond motifs is 1. The minimum Gasteiger partial charge on any atom is -0.393 e. The zero-order chi connectivity index (χ0) is 22.1. The van der Waals surface area contributed by atoms with Gasteiger partial charge in [0, 0.05) is 48.8 Å². The molecule has 1 aromatic carbocycles. The topological polar surface area (TPSA) is 101 Å². The van der Waals surface area contributed by atoms with Gasteiger partial charge in [0.15, 0.2) is 0 Å². The number of primary amides is 1. The third-order valence-corrected chi connectivity index (χ3v) is 6.51. The average molecular weight is 425 g/mol. The summed E-state index contributed by atoms with van der Waals surface area (Å²) in [6.45, 7) is 5.56. The Balaban J connectivity index is 1.68. The number of aliphatic hydroxyl groups excluding tert-OH is 1. The van der Waals surface area contributed by atoms with Gasteiger partial charge in [-0.25, -0.2) is 0 Å². The van der Waals surface area contributed by atoms with E-state index in [1.165, 1.54) is 0 Å². The van der Waals surface area contributed by atoms with E-state index in [9.17, 15) is 14.7 Å². The van der Waals surface area contributed by atoms with Crippen LogP contribution in [0.3, 0.4) is 0 Å². The third kappa shape index (κ3) is 4.19. The van der Waals surface area contributed by atoms with E-state index in [1.807, 2.05) is 30.2 Å². The lowest BCUT2D eigenvalue weighted by Gasteiger charge is -2.29. The van der Waals surface area contributed by atoms with Crippen molar-refractivity contribution in [3.05, 3.63) is 46.8 Å². The number of nitrogens with zero attached hydrogens (tertiary/aromatic N) is 2. The number of carbonyl (C=O) groups is 2. The molecule has 0 radical (unpaired) electrons. The molecule has 1 saturated carbocycles. The number of nitrogens with two attached hydrogens (primary N) is 1. The first-order valence-electron chi connectivity index (χ1n) is 11.3. The largest absolute Gasteiger partial charge is 0.393 e. The molecule has 1 fully saturated rings. The lowest BCUT2D eigenvalue weighted by Crippen LogP contribution is -2.38. The first-order valence-corrected chi connectivity index (χ1v) is 11.3. The number of benzene rings is 1. The monoisotopic (exact) mass is 424 g/mol. The van der Waals surface area contributed by atoms with Crippen LogP contribution in [0.2, 0.25) is 0 Å². The summed E-state index contributed by atoms with van der Waals surface area (Å²) in [5.74, 6) is -0.367. The fourth-order valence-corrected chi connectivity index (χ4v) is 4.89. The zero-order valence-electron chi connectivity index (χ0n) is 18.4. The molecule has 4 rings (SSSR count). The van der Waals surface area contributed by atoms with Crippen LogP contribution < -0.4 is 11.1 Å². The second kappa shape index (κ2) is 8.75. The maximum Gasteiger partial charge on any atom is 0.255 e. The van der Waals surface area contributed by atoms with E-state index >= 15 is 0 Å². The van der Waals surface area contributed by atoms with E-state index in [4.69, 9.17) is 5.73 Å². The molecular formula is C24H32N4O3. The number of carbonyl (C=O) groups excluding carboxylic acids is 2. The van der Waals surface area contributed by atoms with Gasteiger partial charge in [-0.05, 0) is 62.8 Å². The molecule has 2 aromatic rings. The van der Waals surface area contributed by atoms with Crippen molar-refractivity contribution in [1.29, 1.82) is 0 Å². The van der Waals surface area contributed by atoms with Gasteiger partial charge in [-0.15, -0.1) is 0 Å². The molecule has 1 aliphatic carbocycles. The van der Waals surface area contributed by atoms with Crippen molar-refractivity contribution in [1.82, 2.24) is 9.47 Å². The number of anilines is 1. The van der Waals surface area contributed by atoms with Gasteiger partial charge in [0.1, 0.15) is 0 Å². The number of hydrogen-bond donors (Lipinski definition) is 3. The van der Waals surface area contributed by atoms with E-state index in [0.717, 1.165) is 74.1 Å². The molecule has 0 saturated heterocycles. The number of nitrogens with one attached hydrogen (secondary N) is 1. The van der Waals surface area contributed by atoms with Crippen LogP contribution in [-0.2, 0) is 6.42 Å². The first kappa shape index (κ1) is 21.4. The molecule has 1 aliphatic heterocycles. The Labute approximate surface area is 183 Å². The summed E-state index contributed by atoms with van der Waals surface area (Å²) >= 11 is 0. The van der Waals surface area contributed by atoms with Crippen LogP contribution in [0.25, 0.3) is 5.69 Å². The predicted molar refractivity (Wildman–Crippen MR) is 121 cm³/mol. The molecule has 166 valence electrons. The van der Waals surface area contributed by atoms with Crippen LogP contribution in [0, 0.1) is 6.92 Å². The maximum atomic E-state index is 13.0. The second-order valence-electron chi connectivity index (χ2n) is 8.79. The Morgan fingerprint density at radius 2 is 2.00 bits per heavy atom. The van der Waals surface area contributed by atoms with Crippen molar-refractivity contribution in [2.45, 2.75) is 64.5 Å². The highest BCUT2D eigenvalue weighted by atomic mass is 16.3. The first-order chi connectivity index (χ1) is 14.9. The Kier molecular flexibility index (Phi) is 6.05. The molecule has 4 N–H and O–H groups in total. The van der Waals surface area contributed by atoms with Crippen LogP contribution in [0.4, 0.5) is 5.69 Å². The van der Waals surface area contributed by atoms with Crippen LogP contribution in [-0.4, -0.2) is 51.6 Å². The van der Waals surface area contributed by atoms with Crippen LogP contribution in [0.15, 0.2) is 24.4 Å². The Morgan fingerprint density at radius 3 is 2.68 bits per heavy atom. The Bertz CT molecular complexity index is 989. The molecule has 2 aliphatic rings. The SMILES string of the molecule is CCCN1CCc2c(c(C)cn2-c2ccc(C(N)=O)c(NC3CCC(O)CC3)c2)C1=O. The molecular weight excluding hydrogens is 392 g/mol. The van der Waals surface area contributed by atoms with Crippen molar-refractivity contribution in [3.63, 3.8) is 0 Å². The highest BCUT2D eigenvalue weighted by Crippen LogP contribution is 2.30. The van der Waals surface area contributed by atoms with E-state index in [-0.39, 0.29) is 18.1 Å². The summed E-state index contributed by atoms with van der Waals surface area (Å²) in [6.07, 6.45) is 6.73. The lowest BCUT2D eigenvalue weighted by molar-refractivity contribution is 0.0738. The normalized spacial score (nSPS) is 21.1. The minimum atomic E-state index is -0.471. The van der Waals surface area contributed by atoms with Gasteiger partial charge in [0.2, 0.25) is 0 Å². The van der Waals surface area contributed by atoms with Crippen molar-refractivity contribution in [3.8, 4) is 5.69 Å². The van der Waals surface area contributed by atoms with Gasteiger partial charge in [-0.1, -0.05) is 6.92 Å². The van der Waals surface area contributed by atoms with Crippen LogP contribution in [0.5, 0.6) is 0 Å². The maximum absolute atomic E-state index is 13.0. The van der Waals surface area contributed by atoms with Crippen molar-refractivity contribution in [2.75, 3.05) is 18.4 Å². The fraction of sp³-hybridized carbons (Fsp3) is 0.500. The van der Waals surface area contributed by atoms with Gasteiger partial charge in [-0.3, -0.25) is 9.59 Å². The second-order valence-corrected chi connectivity index (χ2v) is 8.79. The highest BCUT2D eigenvalue weighted by Gasteiger charge is 2.29. The standard InChI is InChI=1S/C24H32N4O3/c1-3-11-27-12-10-21-22(24(27)31)15(2)14-28(21)17-6-9-19(23(25)30)20(13-17)26-16-4-7-18(29)8-5-16/h6,9,13-14,16,18,26,29H,3-5,7-8,10-12H2,1-2H3,(H2,25,30). The van der Waals surface area contributed by atoms with Crippen LogP contribution in [0.1, 0.15) is 71.0 Å². The number of rotatable bonds is 6. The van der Waals surface area contributed by atoms with Gasteiger partial charge in [0.25, 0.3) is 11.8 Å². The third-order valence-electron chi connectivity index (χ3n) is 6.51. The summed E-state index contributed by atoms with van der Waals surface area (Å²) in [4.78, 5) is 26.9. The van der Waals surface area contributed by atoms with Crippen molar-refractivity contribution >= 4 is 17.5 Å². The van der Waals surface area contributed by atoms with E-state index < -0.39 is 5.91 Å². The minimum absolute atomic E-state index is 0.104. The highest BCUT2D eigenvalue weighted by molar-refractivity contribution is 5.99. The fourth-order valence-electron chi connectivity index (χ4n) is 4.89. The molecule has 2 heterocycles. The summed E-state index contributed by atoms with van der Waals surface area (Å²) in [5.41, 5.74) is 10.5. The summed E-state index contributed by atoms with van der Waals surface area (Å²) in [6, 6.07) is 5.79. The van der Waals surface area contributed by atoms with E-state index in [2.05, 4.69) is 16.8 Å². The average Bonchev–Trinajstić information content (AvgIpc) is 3.09. The molecule has 0 atom stereocenters. The molecule has 0 bridgehead atoms. The number of hydrogen-bond acceptors (Lipinski definition) is 4. The Morgan fingerprint density at radius 1 is 1.26 bits per heavy atom. The molecule has 7 heteroatoms. The van der Waals surface area contributed by atoms with Gasteiger partial charge < -0.3 is 25.6 Å². The van der Waals surface area contributed by atoms with Crippen LogP contribution >= 0.6 is 0 Å². The zero-order valence-corrected chi connectivity index (χ0v) is 18.4. The Hall–Kier alpha value is -2.80. The van der Waals surface area contributed by atoms with Crippen molar-refractivity contribution < 1.29 is 14.7 Å². The molecule has 0 spiro atoms. The predicted octanol–water partition coefficient (Wildman–Crippen LogP) is 3.01. The van der Waals surface area contributed by atoms with Gasteiger partial charge >= 0.3 is 0 Å². The van der Waals surface area contributed by atoms with E-state index in [0.29, 0.717) is 11.3 Å². The quantitative estimate of drug-likeness (QED) is 0.664. The number of aryl methyl sites for hydroxylation is 1. The number of aliphatic hydroxyl groups is 1. The lowest BCUT2D eigenvalue weighted by atomic mass is 9.92. The number of aromatic nitrogens is 1. The summed E-state index contributed by atoms with van der Waals surface area (Å²) in [7, 11) is 0. The number of amides is 2. The van der Waals surface area contributed by atoms with E-state index in [1.54, 1.807) is 6.07 Å². The summed E-state index contributed by atoms with van der Waals surface area (Å²) < 4.78 is 2.08. The van der Waals surface area contributed by atoms with Gasteiger partial charge in [0.05, 0.1) is 17.2 Å². The molecule has 2 amide bonds.